The number of nitrogen functional groups attached to an aromatic ring is 1. The second-order valence-corrected chi connectivity index (χ2v) is 6.00. The highest BCUT2D eigenvalue weighted by atomic mass is 127. The molecule has 8 heteroatoms. The van der Waals surface area contributed by atoms with Gasteiger partial charge in [-0.05, 0) is 25.0 Å². The maximum atomic E-state index is 5.82. The van der Waals surface area contributed by atoms with E-state index in [4.69, 9.17) is 10.5 Å². The smallest absolute Gasteiger partial charge is 0.222 e. The van der Waals surface area contributed by atoms with Gasteiger partial charge in [0.15, 0.2) is 5.65 Å². The SMILES string of the molecule is COc1c(C)ncc(Cn2cnc3c(CI)nc(N)nc32)c1C. The van der Waals surface area contributed by atoms with E-state index in [-0.39, 0.29) is 5.95 Å². The van der Waals surface area contributed by atoms with E-state index in [1.165, 1.54) is 0 Å². The van der Waals surface area contributed by atoms with Crippen LogP contribution in [-0.2, 0) is 11.0 Å². The van der Waals surface area contributed by atoms with Crippen molar-refractivity contribution in [1.29, 1.82) is 0 Å². The topological polar surface area (TPSA) is 91.7 Å². The highest BCUT2D eigenvalue weighted by molar-refractivity contribution is 14.1. The summed E-state index contributed by atoms with van der Waals surface area (Å²) in [7, 11) is 1.66. The number of ether oxygens (including phenoxy) is 1. The molecule has 3 aromatic heterocycles. The van der Waals surface area contributed by atoms with Gasteiger partial charge < -0.3 is 15.0 Å². The molecule has 120 valence electrons. The molecular weight excluding hydrogens is 407 g/mol. The number of methoxy groups -OCH3 is 1. The number of aryl methyl sites for hydroxylation is 1. The summed E-state index contributed by atoms with van der Waals surface area (Å²) in [5, 5.41) is 0. The predicted octanol–water partition coefficient (Wildman–Crippen LogP) is 2.41. The Hall–Kier alpha value is -1.97. The van der Waals surface area contributed by atoms with Crippen molar-refractivity contribution < 1.29 is 4.74 Å². The lowest BCUT2D eigenvalue weighted by atomic mass is 10.1. The second-order valence-electron chi connectivity index (χ2n) is 5.23. The molecule has 0 spiro atoms. The number of imidazole rings is 1. The van der Waals surface area contributed by atoms with Crippen LogP contribution in [-0.4, -0.2) is 31.6 Å². The van der Waals surface area contributed by atoms with Crippen molar-refractivity contribution in [3.05, 3.63) is 35.0 Å². The quantitative estimate of drug-likeness (QED) is 0.511. The maximum absolute atomic E-state index is 5.82. The average Bonchev–Trinajstić information content (AvgIpc) is 2.92. The van der Waals surface area contributed by atoms with Gasteiger partial charge in [0.1, 0.15) is 11.3 Å². The molecule has 0 aliphatic carbocycles. The van der Waals surface area contributed by atoms with Gasteiger partial charge in [0.2, 0.25) is 5.95 Å². The number of pyridine rings is 1. The van der Waals surface area contributed by atoms with Gasteiger partial charge in [-0.3, -0.25) is 4.98 Å². The van der Waals surface area contributed by atoms with Crippen molar-refractivity contribution in [1.82, 2.24) is 24.5 Å². The van der Waals surface area contributed by atoms with E-state index in [2.05, 4.69) is 42.5 Å². The fraction of sp³-hybridized carbons (Fsp3) is 0.333. The van der Waals surface area contributed by atoms with Crippen LogP contribution in [0.1, 0.15) is 22.5 Å². The van der Waals surface area contributed by atoms with Crippen LogP contribution >= 0.6 is 22.6 Å². The number of anilines is 1. The number of nitrogens with two attached hydrogens (primary N) is 1. The molecule has 0 unspecified atom stereocenters. The van der Waals surface area contributed by atoms with Crippen LogP contribution in [0.2, 0.25) is 0 Å². The van der Waals surface area contributed by atoms with Crippen molar-refractivity contribution in [3.8, 4) is 5.75 Å². The molecule has 3 rings (SSSR count). The van der Waals surface area contributed by atoms with Gasteiger partial charge in [-0.2, -0.15) is 4.98 Å². The zero-order chi connectivity index (χ0) is 16.6. The Bertz CT molecular complexity index is 876. The second kappa shape index (κ2) is 6.26. The minimum absolute atomic E-state index is 0.266. The summed E-state index contributed by atoms with van der Waals surface area (Å²) in [6.07, 6.45) is 3.63. The Balaban J connectivity index is 2.08. The van der Waals surface area contributed by atoms with Crippen LogP contribution in [0.15, 0.2) is 12.5 Å². The molecule has 0 aliphatic heterocycles. The molecule has 0 amide bonds. The van der Waals surface area contributed by atoms with Crippen molar-refractivity contribution >= 4 is 39.7 Å². The summed E-state index contributed by atoms with van der Waals surface area (Å²) in [5.41, 5.74) is 11.2. The van der Waals surface area contributed by atoms with E-state index in [1.54, 1.807) is 13.4 Å². The van der Waals surface area contributed by atoms with Crippen molar-refractivity contribution in [2.24, 2.45) is 0 Å². The summed E-state index contributed by atoms with van der Waals surface area (Å²) in [6, 6.07) is 0. The molecule has 0 saturated carbocycles. The van der Waals surface area contributed by atoms with Gasteiger partial charge in [0.25, 0.3) is 0 Å². The van der Waals surface area contributed by atoms with Gasteiger partial charge >= 0.3 is 0 Å². The molecule has 7 nitrogen and oxygen atoms in total. The first-order chi connectivity index (χ1) is 11.0. The molecule has 0 radical (unpaired) electrons. The number of fused-ring (bicyclic) bond motifs is 1. The van der Waals surface area contributed by atoms with E-state index in [0.29, 0.717) is 6.54 Å². The first kappa shape index (κ1) is 15.9. The molecule has 0 aromatic carbocycles. The summed E-state index contributed by atoms with van der Waals surface area (Å²) in [6.45, 7) is 4.56. The first-order valence-corrected chi connectivity index (χ1v) is 8.60. The summed E-state index contributed by atoms with van der Waals surface area (Å²) < 4.78 is 8.14. The van der Waals surface area contributed by atoms with Crippen LogP contribution in [0.4, 0.5) is 5.95 Å². The Labute approximate surface area is 147 Å². The molecule has 0 fully saturated rings. The van der Waals surface area contributed by atoms with Gasteiger partial charge in [-0.25, -0.2) is 9.97 Å². The van der Waals surface area contributed by atoms with Crippen LogP contribution < -0.4 is 10.5 Å². The van der Waals surface area contributed by atoms with E-state index in [0.717, 1.165) is 43.9 Å². The van der Waals surface area contributed by atoms with Crippen LogP contribution in [0.5, 0.6) is 5.75 Å². The largest absolute Gasteiger partial charge is 0.495 e. The summed E-state index contributed by atoms with van der Waals surface area (Å²) in [5.74, 6) is 1.08. The van der Waals surface area contributed by atoms with Gasteiger partial charge in [-0.1, -0.05) is 22.6 Å². The van der Waals surface area contributed by atoms with Crippen molar-refractivity contribution in [3.63, 3.8) is 0 Å². The number of rotatable bonds is 4. The Kier molecular flexibility index (Phi) is 4.33. The summed E-state index contributed by atoms with van der Waals surface area (Å²) >= 11 is 2.25. The molecule has 0 atom stereocenters. The number of alkyl halides is 1. The van der Waals surface area contributed by atoms with Gasteiger partial charge in [-0.15, -0.1) is 0 Å². The van der Waals surface area contributed by atoms with Gasteiger partial charge in [0, 0.05) is 10.6 Å². The number of halogens is 1. The molecule has 23 heavy (non-hydrogen) atoms. The first-order valence-electron chi connectivity index (χ1n) is 7.07. The molecule has 2 N–H and O–H groups in total. The predicted molar refractivity (Wildman–Crippen MR) is 96.8 cm³/mol. The van der Waals surface area contributed by atoms with Crippen LogP contribution in [0, 0.1) is 13.8 Å². The fourth-order valence-corrected chi connectivity index (χ4v) is 3.15. The minimum atomic E-state index is 0.266. The molecular formula is C15H17IN6O. The number of hydrogen-bond donors (Lipinski definition) is 1. The molecule has 3 heterocycles. The molecule has 0 saturated heterocycles. The normalized spacial score (nSPS) is 11.1. The van der Waals surface area contributed by atoms with Gasteiger partial charge in [0.05, 0.1) is 31.4 Å². The third-order valence-corrected chi connectivity index (χ3v) is 4.51. The Morgan fingerprint density at radius 2 is 2.04 bits per heavy atom. The molecule has 0 aliphatic rings. The number of nitrogens with zero attached hydrogens (tertiary/aromatic N) is 5. The van der Waals surface area contributed by atoms with Crippen LogP contribution in [0.25, 0.3) is 11.2 Å². The van der Waals surface area contributed by atoms with E-state index in [9.17, 15) is 0 Å². The zero-order valence-corrected chi connectivity index (χ0v) is 15.3. The minimum Gasteiger partial charge on any atom is -0.495 e. The van der Waals surface area contributed by atoms with E-state index >= 15 is 0 Å². The number of hydrogen-bond acceptors (Lipinski definition) is 6. The van der Waals surface area contributed by atoms with Crippen molar-refractivity contribution in [2.45, 2.75) is 24.8 Å². The monoisotopic (exact) mass is 424 g/mol. The number of aromatic nitrogens is 5. The summed E-state index contributed by atoms with van der Waals surface area (Å²) in [4.78, 5) is 17.4. The third-order valence-electron chi connectivity index (χ3n) is 3.79. The maximum Gasteiger partial charge on any atom is 0.222 e. The standard InChI is InChI=1S/C15H17IN6O/c1-8-10(5-18-9(2)13(8)23-3)6-22-7-19-12-11(4-16)20-15(17)21-14(12)22/h5,7H,4,6H2,1-3H3,(H2,17,20,21). The van der Waals surface area contributed by atoms with E-state index in [1.807, 2.05) is 24.6 Å². The molecule has 0 bridgehead atoms. The Morgan fingerprint density at radius 1 is 1.26 bits per heavy atom. The van der Waals surface area contributed by atoms with Crippen molar-refractivity contribution in [2.75, 3.05) is 12.8 Å². The highest BCUT2D eigenvalue weighted by Crippen LogP contribution is 2.25. The lowest BCUT2D eigenvalue weighted by Crippen LogP contribution is -2.06. The lowest BCUT2D eigenvalue weighted by molar-refractivity contribution is 0.405. The zero-order valence-electron chi connectivity index (χ0n) is 13.2. The lowest BCUT2D eigenvalue weighted by Gasteiger charge is -2.13. The third kappa shape index (κ3) is 2.82. The van der Waals surface area contributed by atoms with E-state index < -0.39 is 0 Å². The Morgan fingerprint density at radius 3 is 2.74 bits per heavy atom. The molecule has 3 aromatic rings. The van der Waals surface area contributed by atoms with Crippen LogP contribution in [0.3, 0.4) is 0 Å². The highest BCUT2D eigenvalue weighted by Gasteiger charge is 2.14. The average molecular weight is 424 g/mol. The fourth-order valence-electron chi connectivity index (χ4n) is 2.62.